The Hall–Kier alpha value is -3.65. The number of aromatic nitrogens is 5. The molecule has 0 radical (unpaired) electrons. The average molecular weight is 401 g/mol. The van der Waals surface area contributed by atoms with Crippen molar-refractivity contribution in [3.63, 3.8) is 0 Å². The monoisotopic (exact) mass is 401 g/mol. The van der Waals surface area contributed by atoms with Gasteiger partial charge in [0.15, 0.2) is 5.82 Å². The zero-order valence-electron chi connectivity index (χ0n) is 16.0. The van der Waals surface area contributed by atoms with Crippen LogP contribution < -0.4 is 10.7 Å². The third-order valence-corrected chi connectivity index (χ3v) is 5.38. The number of nitrogens with zero attached hydrogens (tertiary/aromatic N) is 4. The maximum Gasteiger partial charge on any atom is 0.214 e. The second-order valence-corrected chi connectivity index (χ2v) is 7.50. The largest absolute Gasteiger partial charge is 0.378 e. The number of hydrogen-bond donors (Lipinski definition) is 3. The van der Waals surface area contributed by atoms with Gasteiger partial charge in [0.05, 0.1) is 11.2 Å². The van der Waals surface area contributed by atoms with Gasteiger partial charge in [0, 0.05) is 41.6 Å². The second-order valence-electron chi connectivity index (χ2n) is 7.11. The van der Waals surface area contributed by atoms with Crippen LogP contribution in [0.3, 0.4) is 0 Å². The number of nitrogens with one attached hydrogen (secondary N) is 2. The molecule has 29 heavy (non-hydrogen) atoms. The Bertz CT molecular complexity index is 1410. The third-order valence-electron chi connectivity index (χ3n) is 5.09. The number of fused-ring (bicyclic) bond motifs is 3. The summed E-state index contributed by atoms with van der Waals surface area (Å²) in [5, 5.41) is 9.18. The molecule has 3 heterocycles. The molecule has 2 aromatic carbocycles. The standard InChI is InChI=1S/C21H19N7S/c1-27(2)13-9-7-12(8-10-13)18-19-15(14-5-3-4-6-16(14)23-19)11-17(24-18)20-25-26-21(29)28(20)22/h3-11,23H,22H2,1-2H3,(H,26,29). The Labute approximate surface area is 171 Å². The van der Waals surface area contributed by atoms with Gasteiger partial charge in [-0.3, -0.25) is 0 Å². The molecule has 0 spiro atoms. The maximum atomic E-state index is 6.07. The van der Waals surface area contributed by atoms with Crippen molar-refractivity contribution in [1.82, 2.24) is 24.8 Å². The summed E-state index contributed by atoms with van der Waals surface area (Å²) in [7, 11) is 4.04. The first kappa shape index (κ1) is 17.4. The summed E-state index contributed by atoms with van der Waals surface area (Å²) in [4.78, 5) is 10.5. The molecule has 0 aliphatic rings. The Morgan fingerprint density at radius 1 is 1.03 bits per heavy atom. The van der Waals surface area contributed by atoms with E-state index in [1.54, 1.807) is 0 Å². The molecule has 0 saturated carbocycles. The summed E-state index contributed by atoms with van der Waals surface area (Å²) >= 11 is 5.18. The van der Waals surface area contributed by atoms with Crippen molar-refractivity contribution in [3.05, 3.63) is 59.4 Å². The van der Waals surface area contributed by atoms with Crippen LogP contribution in [0.5, 0.6) is 0 Å². The topological polar surface area (TPSA) is 91.6 Å². The van der Waals surface area contributed by atoms with Gasteiger partial charge in [0.25, 0.3) is 0 Å². The number of H-pyrrole nitrogens is 2. The number of nitrogens with two attached hydrogens (primary N) is 1. The number of nitrogen functional groups attached to an aromatic ring is 1. The number of pyridine rings is 1. The van der Waals surface area contributed by atoms with Crippen LogP contribution >= 0.6 is 12.2 Å². The number of aromatic amines is 2. The van der Waals surface area contributed by atoms with Gasteiger partial charge in [0.1, 0.15) is 5.69 Å². The normalized spacial score (nSPS) is 11.4. The molecule has 0 amide bonds. The molecule has 0 fully saturated rings. The van der Waals surface area contributed by atoms with Crippen molar-refractivity contribution < 1.29 is 0 Å². The molecular formula is C21H19N7S. The molecule has 0 bridgehead atoms. The SMILES string of the molecule is CN(C)c1ccc(-c2nc(-c3n[nH]c(=S)n3N)cc3c2[nH]c2ccccc23)cc1. The van der Waals surface area contributed by atoms with E-state index >= 15 is 0 Å². The molecule has 0 aliphatic heterocycles. The number of benzene rings is 2. The fourth-order valence-electron chi connectivity index (χ4n) is 3.57. The van der Waals surface area contributed by atoms with Gasteiger partial charge in [-0.1, -0.05) is 30.3 Å². The molecule has 5 aromatic rings. The van der Waals surface area contributed by atoms with E-state index in [1.165, 1.54) is 4.68 Å². The summed E-state index contributed by atoms with van der Waals surface area (Å²) in [6.07, 6.45) is 0. The first-order valence-corrected chi connectivity index (χ1v) is 9.56. The lowest BCUT2D eigenvalue weighted by molar-refractivity contribution is 0.978. The van der Waals surface area contributed by atoms with Crippen LogP contribution in [0.25, 0.3) is 44.6 Å². The van der Waals surface area contributed by atoms with Crippen LogP contribution in [0.4, 0.5) is 5.69 Å². The predicted octanol–water partition coefficient (Wildman–Crippen LogP) is 4.08. The van der Waals surface area contributed by atoms with E-state index in [4.69, 9.17) is 23.0 Å². The number of rotatable bonds is 3. The van der Waals surface area contributed by atoms with Crippen LogP contribution in [0.2, 0.25) is 0 Å². The number of hydrogen-bond acceptors (Lipinski definition) is 5. The molecule has 144 valence electrons. The van der Waals surface area contributed by atoms with Gasteiger partial charge >= 0.3 is 0 Å². The van der Waals surface area contributed by atoms with Gasteiger partial charge in [-0.2, -0.15) is 5.10 Å². The molecule has 8 heteroatoms. The van der Waals surface area contributed by atoms with Crippen molar-refractivity contribution in [2.24, 2.45) is 0 Å². The zero-order chi connectivity index (χ0) is 20.1. The second kappa shape index (κ2) is 6.46. The maximum absolute atomic E-state index is 6.07. The van der Waals surface area contributed by atoms with Gasteiger partial charge < -0.3 is 15.7 Å². The van der Waals surface area contributed by atoms with E-state index in [0.29, 0.717) is 16.3 Å². The molecule has 0 saturated heterocycles. The lowest BCUT2D eigenvalue weighted by atomic mass is 10.1. The van der Waals surface area contributed by atoms with Gasteiger partial charge in [-0.25, -0.2) is 14.8 Å². The Kier molecular flexibility index (Phi) is 3.88. The van der Waals surface area contributed by atoms with Crippen molar-refractivity contribution in [1.29, 1.82) is 0 Å². The van der Waals surface area contributed by atoms with Crippen LogP contribution in [-0.2, 0) is 0 Å². The van der Waals surface area contributed by atoms with E-state index in [0.717, 1.165) is 38.8 Å². The molecule has 4 N–H and O–H groups in total. The first-order valence-electron chi connectivity index (χ1n) is 9.15. The van der Waals surface area contributed by atoms with E-state index in [1.807, 2.05) is 32.3 Å². The number of anilines is 1. The van der Waals surface area contributed by atoms with Crippen molar-refractivity contribution in [2.75, 3.05) is 24.8 Å². The highest BCUT2D eigenvalue weighted by Gasteiger charge is 2.17. The molecule has 7 nitrogen and oxygen atoms in total. The fourth-order valence-corrected chi connectivity index (χ4v) is 3.70. The minimum atomic E-state index is 0.345. The van der Waals surface area contributed by atoms with E-state index < -0.39 is 0 Å². The lowest BCUT2D eigenvalue weighted by Gasteiger charge is -2.13. The molecular weight excluding hydrogens is 382 g/mol. The summed E-state index contributed by atoms with van der Waals surface area (Å²) < 4.78 is 1.69. The summed E-state index contributed by atoms with van der Waals surface area (Å²) in [5.74, 6) is 6.57. The fraction of sp³-hybridized carbons (Fsp3) is 0.0952. The third kappa shape index (κ3) is 2.76. The van der Waals surface area contributed by atoms with Crippen molar-refractivity contribution in [3.8, 4) is 22.8 Å². The van der Waals surface area contributed by atoms with Crippen molar-refractivity contribution >= 4 is 39.7 Å². The van der Waals surface area contributed by atoms with Crippen LogP contribution in [0.15, 0.2) is 54.6 Å². The minimum Gasteiger partial charge on any atom is -0.378 e. The highest BCUT2D eigenvalue weighted by molar-refractivity contribution is 7.71. The molecule has 0 atom stereocenters. The van der Waals surface area contributed by atoms with Crippen molar-refractivity contribution in [2.45, 2.75) is 0 Å². The van der Waals surface area contributed by atoms with Crippen LogP contribution in [-0.4, -0.2) is 38.9 Å². The number of para-hydroxylation sites is 1. The van der Waals surface area contributed by atoms with Crippen LogP contribution in [0, 0.1) is 4.77 Å². The van der Waals surface area contributed by atoms with Gasteiger partial charge in [-0.15, -0.1) is 0 Å². The summed E-state index contributed by atoms with van der Waals surface area (Å²) in [6, 6.07) is 18.5. The molecule has 3 aromatic heterocycles. The van der Waals surface area contributed by atoms with E-state index in [2.05, 4.69) is 56.5 Å². The highest BCUT2D eigenvalue weighted by Crippen LogP contribution is 2.35. The highest BCUT2D eigenvalue weighted by atomic mass is 32.1. The predicted molar refractivity (Wildman–Crippen MR) is 120 cm³/mol. The van der Waals surface area contributed by atoms with Gasteiger partial charge in [0.2, 0.25) is 4.77 Å². The lowest BCUT2D eigenvalue weighted by Crippen LogP contribution is -2.10. The molecule has 0 aliphatic carbocycles. The Morgan fingerprint density at radius 3 is 2.48 bits per heavy atom. The van der Waals surface area contributed by atoms with Gasteiger partial charge in [-0.05, 0) is 36.5 Å². The van der Waals surface area contributed by atoms with Crippen LogP contribution in [0.1, 0.15) is 0 Å². The summed E-state index contributed by atoms with van der Waals surface area (Å²) in [5.41, 5.74) is 5.66. The quantitative estimate of drug-likeness (QED) is 0.313. The molecule has 5 rings (SSSR count). The Balaban J connectivity index is 1.83. The molecule has 0 unspecified atom stereocenters. The first-order chi connectivity index (χ1) is 14.0. The zero-order valence-corrected chi connectivity index (χ0v) is 16.8. The Morgan fingerprint density at radius 2 is 1.79 bits per heavy atom. The summed E-state index contributed by atoms with van der Waals surface area (Å²) in [6.45, 7) is 0. The smallest absolute Gasteiger partial charge is 0.214 e. The average Bonchev–Trinajstić information content (AvgIpc) is 3.27. The van der Waals surface area contributed by atoms with E-state index in [9.17, 15) is 0 Å². The minimum absolute atomic E-state index is 0.345. The van der Waals surface area contributed by atoms with E-state index in [-0.39, 0.29) is 0 Å².